The highest BCUT2D eigenvalue weighted by molar-refractivity contribution is 5.80. The van der Waals surface area contributed by atoms with E-state index in [1.54, 1.807) is 11.0 Å². The number of hydrogen-bond acceptors (Lipinski definition) is 5. The van der Waals surface area contributed by atoms with Gasteiger partial charge < -0.3 is 10.0 Å². The maximum absolute atomic E-state index is 12.5. The zero-order valence-electron chi connectivity index (χ0n) is 16.1. The van der Waals surface area contributed by atoms with Crippen molar-refractivity contribution in [3.05, 3.63) is 54.2 Å². The number of carbonyl (C=O) groups excluding carboxylic acids is 1. The predicted molar refractivity (Wildman–Crippen MR) is 105 cm³/mol. The number of fused-ring (bicyclic) bond motifs is 1. The average Bonchev–Trinajstić information content (AvgIpc) is 3.21. The largest absolute Gasteiger partial charge is 0.385 e. The van der Waals surface area contributed by atoms with Gasteiger partial charge >= 0.3 is 0 Å². The first-order chi connectivity index (χ1) is 13.5. The van der Waals surface area contributed by atoms with Gasteiger partial charge in [-0.3, -0.25) is 14.5 Å². The second-order valence-electron chi connectivity index (χ2n) is 7.53. The summed E-state index contributed by atoms with van der Waals surface area (Å²) in [5.74, 6) is 0.139. The van der Waals surface area contributed by atoms with Gasteiger partial charge in [0.25, 0.3) is 0 Å². The van der Waals surface area contributed by atoms with Gasteiger partial charge in [-0.1, -0.05) is 12.1 Å². The lowest BCUT2D eigenvalue weighted by Gasteiger charge is -2.38. The van der Waals surface area contributed by atoms with E-state index in [1.807, 2.05) is 42.2 Å². The molecule has 1 aliphatic rings. The average molecular weight is 379 g/mol. The third-order valence-electron chi connectivity index (χ3n) is 5.55. The molecule has 7 heteroatoms. The van der Waals surface area contributed by atoms with E-state index < -0.39 is 5.60 Å². The topological polar surface area (TPSA) is 84.1 Å². The first kappa shape index (κ1) is 18.6. The second-order valence-corrected chi connectivity index (χ2v) is 7.53. The van der Waals surface area contributed by atoms with Crippen LogP contribution in [0.4, 0.5) is 0 Å². The van der Waals surface area contributed by atoms with E-state index in [0.29, 0.717) is 38.9 Å². The normalized spacial score (nSPS) is 16.4. The van der Waals surface area contributed by atoms with Crippen LogP contribution in [-0.2, 0) is 16.9 Å². The van der Waals surface area contributed by atoms with Gasteiger partial charge in [0.2, 0.25) is 5.91 Å². The number of likely N-dealkylation sites (tertiary alicyclic amines) is 1. The monoisotopic (exact) mass is 379 g/mol. The predicted octanol–water partition coefficient (Wildman–Crippen LogP) is 2.43. The fourth-order valence-electron chi connectivity index (χ4n) is 3.83. The van der Waals surface area contributed by atoms with Gasteiger partial charge in [-0.15, -0.1) is 0 Å². The lowest BCUT2D eigenvalue weighted by molar-refractivity contribution is -0.135. The Kier molecular flexibility index (Phi) is 5.09. The van der Waals surface area contributed by atoms with Gasteiger partial charge in [-0.05, 0) is 49.9 Å². The van der Waals surface area contributed by atoms with E-state index in [4.69, 9.17) is 0 Å². The number of nitrogens with zero attached hydrogens (tertiary/aromatic N) is 5. The third kappa shape index (κ3) is 3.89. The molecule has 3 aromatic rings. The van der Waals surface area contributed by atoms with Crippen LogP contribution in [0.1, 0.15) is 36.9 Å². The van der Waals surface area contributed by atoms with Crippen LogP contribution in [0.3, 0.4) is 0 Å². The summed E-state index contributed by atoms with van der Waals surface area (Å²) in [4.78, 5) is 22.8. The SMILES string of the molecule is Cc1ccc2cc(C3(O)CCN(C(=O)CCCn4cncn4)CC3)ccc2n1. The highest BCUT2D eigenvalue weighted by Gasteiger charge is 2.35. The van der Waals surface area contributed by atoms with Crippen LogP contribution in [0.2, 0.25) is 0 Å². The number of piperidine rings is 1. The van der Waals surface area contributed by atoms with Crippen molar-refractivity contribution in [1.29, 1.82) is 0 Å². The standard InChI is InChI=1S/C21H25N5O2/c1-16-4-5-17-13-18(6-7-19(17)24-16)21(28)8-11-25(12-9-21)20(27)3-2-10-26-15-22-14-23-26/h4-7,13-15,28H,2-3,8-12H2,1H3. The smallest absolute Gasteiger partial charge is 0.222 e. The van der Waals surface area contributed by atoms with Crippen molar-refractivity contribution in [2.45, 2.75) is 44.8 Å². The van der Waals surface area contributed by atoms with Crippen LogP contribution >= 0.6 is 0 Å². The van der Waals surface area contributed by atoms with Crippen LogP contribution in [0.15, 0.2) is 43.0 Å². The third-order valence-corrected chi connectivity index (χ3v) is 5.55. The summed E-state index contributed by atoms with van der Waals surface area (Å²) in [6, 6.07) is 9.98. The van der Waals surface area contributed by atoms with E-state index in [2.05, 4.69) is 15.1 Å². The van der Waals surface area contributed by atoms with E-state index in [9.17, 15) is 9.90 Å². The van der Waals surface area contributed by atoms with Crippen molar-refractivity contribution in [3.8, 4) is 0 Å². The van der Waals surface area contributed by atoms with Crippen molar-refractivity contribution < 1.29 is 9.90 Å². The van der Waals surface area contributed by atoms with Crippen LogP contribution in [0.5, 0.6) is 0 Å². The lowest BCUT2D eigenvalue weighted by Crippen LogP contribution is -2.45. The van der Waals surface area contributed by atoms with E-state index in [1.165, 1.54) is 6.33 Å². The summed E-state index contributed by atoms with van der Waals surface area (Å²) in [7, 11) is 0. The van der Waals surface area contributed by atoms with Gasteiger partial charge in [-0.25, -0.2) is 4.98 Å². The van der Waals surface area contributed by atoms with E-state index in [-0.39, 0.29) is 5.91 Å². The molecule has 2 aromatic heterocycles. The molecule has 3 heterocycles. The fraction of sp³-hybridized carbons (Fsp3) is 0.429. The molecule has 1 aliphatic heterocycles. The molecule has 1 N–H and O–H groups in total. The van der Waals surface area contributed by atoms with E-state index in [0.717, 1.165) is 28.6 Å². The highest BCUT2D eigenvalue weighted by Crippen LogP contribution is 2.34. The zero-order valence-corrected chi connectivity index (χ0v) is 16.1. The minimum atomic E-state index is -0.892. The minimum absolute atomic E-state index is 0.139. The van der Waals surface area contributed by atoms with E-state index >= 15 is 0 Å². The zero-order chi connectivity index (χ0) is 19.6. The molecular formula is C21H25N5O2. The number of rotatable bonds is 5. The van der Waals surface area contributed by atoms with Gasteiger partial charge in [0.1, 0.15) is 12.7 Å². The molecule has 0 unspecified atom stereocenters. The van der Waals surface area contributed by atoms with Crippen molar-refractivity contribution in [3.63, 3.8) is 0 Å². The number of amides is 1. The van der Waals surface area contributed by atoms with Gasteiger partial charge in [0.05, 0.1) is 11.1 Å². The fourth-order valence-corrected chi connectivity index (χ4v) is 3.83. The molecule has 1 amide bonds. The van der Waals surface area contributed by atoms with Crippen LogP contribution in [-0.4, -0.2) is 48.8 Å². The van der Waals surface area contributed by atoms with Crippen molar-refractivity contribution in [2.24, 2.45) is 0 Å². The molecule has 0 radical (unpaired) electrons. The number of aliphatic hydroxyl groups is 1. The highest BCUT2D eigenvalue weighted by atomic mass is 16.3. The van der Waals surface area contributed by atoms with Crippen molar-refractivity contribution in [2.75, 3.05) is 13.1 Å². The van der Waals surface area contributed by atoms with Crippen LogP contribution < -0.4 is 0 Å². The van der Waals surface area contributed by atoms with Gasteiger partial charge in [0.15, 0.2) is 0 Å². The first-order valence-corrected chi connectivity index (χ1v) is 9.74. The molecule has 0 aliphatic carbocycles. The van der Waals surface area contributed by atoms with Crippen LogP contribution in [0, 0.1) is 6.92 Å². The number of carbonyl (C=O) groups is 1. The number of pyridine rings is 1. The summed E-state index contributed by atoms with van der Waals surface area (Å²) in [5.41, 5.74) is 1.93. The summed E-state index contributed by atoms with van der Waals surface area (Å²) >= 11 is 0. The maximum atomic E-state index is 12.5. The molecule has 4 rings (SSSR count). The Hall–Kier alpha value is -2.80. The second kappa shape index (κ2) is 7.67. The number of hydrogen-bond donors (Lipinski definition) is 1. The Labute approximate surface area is 164 Å². The van der Waals surface area contributed by atoms with Gasteiger partial charge in [0, 0.05) is 37.1 Å². The Bertz CT molecular complexity index is 962. The molecule has 0 bridgehead atoms. The first-order valence-electron chi connectivity index (χ1n) is 9.74. The Balaban J connectivity index is 1.35. The molecule has 1 saturated heterocycles. The molecule has 1 aromatic carbocycles. The van der Waals surface area contributed by atoms with Crippen molar-refractivity contribution in [1.82, 2.24) is 24.6 Å². The minimum Gasteiger partial charge on any atom is -0.385 e. The van der Waals surface area contributed by atoms with Crippen molar-refractivity contribution >= 4 is 16.8 Å². The summed E-state index contributed by atoms with van der Waals surface area (Å²) in [6.07, 6.45) is 5.47. The molecule has 7 nitrogen and oxygen atoms in total. The molecule has 0 saturated carbocycles. The molecule has 146 valence electrons. The Morgan fingerprint density at radius 1 is 1.21 bits per heavy atom. The maximum Gasteiger partial charge on any atom is 0.222 e. The van der Waals surface area contributed by atoms with Gasteiger partial charge in [-0.2, -0.15) is 5.10 Å². The molecule has 0 atom stereocenters. The Morgan fingerprint density at radius 3 is 2.79 bits per heavy atom. The molecule has 1 fully saturated rings. The molecule has 0 spiro atoms. The lowest BCUT2D eigenvalue weighted by atomic mass is 9.84. The Morgan fingerprint density at radius 2 is 2.04 bits per heavy atom. The number of aryl methyl sites for hydroxylation is 2. The molecular weight excluding hydrogens is 354 g/mol. The van der Waals surface area contributed by atoms with Crippen LogP contribution in [0.25, 0.3) is 10.9 Å². The number of benzene rings is 1. The summed E-state index contributed by atoms with van der Waals surface area (Å²) < 4.78 is 1.73. The quantitative estimate of drug-likeness (QED) is 0.736. The number of aromatic nitrogens is 4. The summed E-state index contributed by atoms with van der Waals surface area (Å²) in [6.45, 7) is 3.80. The molecule has 28 heavy (non-hydrogen) atoms. The summed E-state index contributed by atoms with van der Waals surface area (Å²) in [5, 5.41) is 16.3.